The van der Waals surface area contributed by atoms with Crippen LogP contribution in [-0.4, -0.2) is 0 Å². The number of hydrogen-bond donors (Lipinski definition) is 0. The van der Waals surface area contributed by atoms with E-state index in [0.717, 1.165) is 17.1 Å². The van der Waals surface area contributed by atoms with Gasteiger partial charge in [-0.15, -0.1) is 11.3 Å². The van der Waals surface area contributed by atoms with Gasteiger partial charge in [0.2, 0.25) is 0 Å². The van der Waals surface area contributed by atoms with Gasteiger partial charge in [-0.05, 0) is 110 Å². The Balaban J connectivity index is 1.02. The standard InChI is InChI=1S/C57H41NS/c1-57(2)52-34-30-42(36-51(52)48-33-29-43(37-53(48)57)38-15-5-3-6-16-38)41-19-13-20-45(35-41)58(54-25-11-9-21-46(54)39-17-7-4-8-18-39)44-31-27-40(28-32-44)47-23-14-24-50-49-22-10-12-26-55(49)59-56(47)50/h3-37H,1-2H3. The highest BCUT2D eigenvalue weighted by Gasteiger charge is 2.36. The Morgan fingerprint density at radius 1 is 0.356 bits per heavy atom. The van der Waals surface area contributed by atoms with Gasteiger partial charge in [-0.2, -0.15) is 0 Å². The summed E-state index contributed by atoms with van der Waals surface area (Å²) in [6, 6.07) is 78.0. The van der Waals surface area contributed by atoms with E-state index < -0.39 is 0 Å². The Morgan fingerprint density at radius 2 is 0.949 bits per heavy atom. The third-order valence-corrected chi connectivity index (χ3v) is 13.5. The second-order valence-electron chi connectivity index (χ2n) is 16.1. The quantitative estimate of drug-likeness (QED) is 0.156. The second kappa shape index (κ2) is 14.1. The summed E-state index contributed by atoms with van der Waals surface area (Å²) in [7, 11) is 0. The summed E-state index contributed by atoms with van der Waals surface area (Å²) in [6.07, 6.45) is 0. The predicted molar refractivity (Wildman–Crippen MR) is 253 cm³/mol. The van der Waals surface area contributed by atoms with Crippen molar-refractivity contribution in [2.75, 3.05) is 4.90 Å². The summed E-state index contributed by atoms with van der Waals surface area (Å²) < 4.78 is 2.65. The molecule has 0 saturated heterocycles. The number of rotatable bonds is 7. The number of anilines is 3. The van der Waals surface area contributed by atoms with Crippen LogP contribution in [0.1, 0.15) is 25.0 Å². The minimum Gasteiger partial charge on any atom is -0.310 e. The van der Waals surface area contributed by atoms with Crippen molar-refractivity contribution in [2.45, 2.75) is 19.3 Å². The molecule has 0 aliphatic heterocycles. The predicted octanol–water partition coefficient (Wildman–Crippen LogP) is 16.5. The molecule has 0 spiro atoms. The van der Waals surface area contributed by atoms with E-state index in [1.807, 2.05) is 11.3 Å². The molecule has 0 bridgehead atoms. The average Bonchev–Trinajstić information content (AvgIpc) is 3.79. The van der Waals surface area contributed by atoms with Crippen LogP contribution in [0.15, 0.2) is 212 Å². The normalized spacial score (nSPS) is 12.7. The summed E-state index contributed by atoms with van der Waals surface area (Å²) in [4.78, 5) is 2.42. The van der Waals surface area contributed by atoms with Crippen LogP contribution in [0, 0.1) is 0 Å². The van der Waals surface area contributed by atoms with Gasteiger partial charge in [0.25, 0.3) is 0 Å². The lowest BCUT2D eigenvalue weighted by atomic mass is 9.81. The fourth-order valence-corrected chi connectivity index (χ4v) is 10.5. The Morgan fingerprint density at radius 3 is 1.78 bits per heavy atom. The molecule has 10 aromatic rings. The van der Waals surface area contributed by atoms with Crippen LogP contribution in [0.25, 0.3) is 75.8 Å². The van der Waals surface area contributed by atoms with Gasteiger partial charge in [0.15, 0.2) is 0 Å². The number of para-hydroxylation sites is 1. The molecule has 0 fully saturated rings. The Labute approximate surface area is 350 Å². The number of benzene rings is 9. The summed E-state index contributed by atoms with van der Waals surface area (Å²) in [5.74, 6) is 0. The van der Waals surface area contributed by atoms with E-state index in [-0.39, 0.29) is 5.41 Å². The van der Waals surface area contributed by atoms with Gasteiger partial charge in [-0.1, -0.05) is 178 Å². The van der Waals surface area contributed by atoms with Crippen LogP contribution >= 0.6 is 11.3 Å². The van der Waals surface area contributed by atoms with Crippen LogP contribution < -0.4 is 4.90 Å². The molecule has 2 heteroatoms. The molecule has 59 heavy (non-hydrogen) atoms. The smallest absolute Gasteiger partial charge is 0.0540 e. The highest BCUT2D eigenvalue weighted by molar-refractivity contribution is 7.26. The maximum Gasteiger partial charge on any atom is 0.0540 e. The lowest BCUT2D eigenvalue weighted by Crippen LogP contribution is -2.15. The van der Waals surface area contributed by atoms with Crippen molar-refractivity contribution in [3.8, 4) is 55.6 Å². The van der Waals surface area contributed by atoms with Gasteiger partial charge < -0.3 is 4.90 Å². The van der Waals surface area contributed by atoms with Gasteiger partial charge in [0, 0.05) is 42.5 Å². The topological polar surface area (TPSA) is 3.24 Å². The fraction of sp³-hybridized carbons (Fsp3) is 0.0526. The average molecular weight is 772 g/mol. The number of fused-ring (bicyclic) bond motifs is 6. The molecule has 1 aliphatic carbocycles. The van der Waals surface area contributed by atoms with Gasteiger partial charge in [0.1, 0.15) is 0 Å². The molecule has 0 saturated carbocycles. The molecule has 0 atom stereocenters. The SMILES string of the molecule is CC1(C)c2ccc(-c3cccc(N(c4ccc(-c5cccc6c5sc5ccccc56)cc4)c4ccccc4-c4ccccc4)c3)cc2-c2ccc(-c3ccccc3)cc21. The van der Waals surface area contributed by atoms with Crippen LogP contribution in [0.5, 0.6) is 0 Å². The summed E-state index contributed by atoms with van der Waals surface area (Å²) in [5.41, 5.74) is 18.4. The minimum atomic E-state index is -0.0948. The van der Waals surface area contributed by atoms with E-state index in [4.69, 9.17) is 0 Å². The number of hydrogen-bond acceptors (Lipinski definition) is 2. The Kier molecular flexibility index (Phi) is 8.43. The molecule has 1 nitrogen and oxygen atoms in total. The Hall–Kier alpha value is -7.00. The number of nitrogens with zero attached hydrogens (tertiary/aromatic N) is 1. The monoisotopic (exact) mass is 771 g/mol. The van der Waals surface area contributed by atoms with Crippen LogP contribution in [0.3, 0.4) is 0 Å². The molecule has 0 amide bonds. The highest BCUT2D eigenvalue weighted by Crippen LogP contribution is 2.51. The van der Waals surface area contributed by atoms with Gasteiger partial charge in [-0.3, -0.25) is 0 Å². The van der Waals surface area contributed by atoms with Crippen molar-refractivity contribution in [2.24, 2.45) is 0 Å². The van der Waals surface area contributed by atoms with Gasteiger partial charge in [0.05, 0.1) is 5.69 Å². The molecule has 11 rings (SSSR count). The van der Waals surface area contributed by atoms with Gasteiger partial charge in [-0.25, -0.2) is 0 Å². The summed E-state index contributed by atoms with van der Waals surface area (Å²) in [5, 5.41) is 2.64. The number of thiophene rings is 1. The second-order valence-corrected chi connectivity index (χ2v) is 17.2. The third kappa shape index (κ3) is 5.99. The maximum atomic E-state index is 2.42. The van der Waals surface area contributed by atoms with Crippen molar-refractivity contribution < 1.29 is 0 Å². The molecule has 0 radical (unpaired) electrons. The lowest BCUT2D eigenvalue weighted by molar-refractivity contribution is 0.660. The van der Waals surface area contributed by atoms with Crippen molar-refractivity contribution in [1.82, 2.24) is 0 Å². The van der Waals surface area contributed by atoms with Crippen LogP contribution in [-0.2, 0) is 5.41 Å². The van der Waals surface area contributed by atoms with E-state index >= 15 is 0 Å². The molecular weight excluding hydrogens is 731 g/mol. The molecule has 1 aliphatic rings. The fourth-order valence-electron chi connectivity index (χ4n) is 9.29. The largest absolute Gasteiger partial charge is 0.310 e. The summed E-state index contributed by atoms with van der Waals surface area (Å²) in [6.45, 7) is 4.73. The zero-order chi connectivity index (χ0) is 39.5. The first-order valence-electron chi connectivity index (χ1n) is 20.4. The molecule has 280 valence electrons. The van der Waals surface area contributed by atoms with Crippen molar-refractivity contribution >= 4 is 48.6 Å². The molecule has 1 heterocycles. The molecule has 0 unspecified atom stereocenters. The molecule has 9 aromatic carbocycles. The van der Waals surface area contributed by atoms with E-state index in [0.29, 0.717) is 0 Å². The van der Waals surface area contributed by atoms with E-state index in [1.54, 1.807) is 0 Å². The zero-order valence-corrected chi connectivity index (χ0v) is 33.9. The van der Waals surface area contributed by atoms with Crippen LogP contribution in [0.4, 0.5) is 17.1 Å². The molecule has 0 N–H and O–H groups in total. The van der Waals surface area contributed by atoms with E-state index in [9.17, 15) is 0 Å². The first-order valence-corrected chi connectivity index (χ1v) is 21.2. The van der Waals surface area contributed by atoms with Gasteiger partial charge >= 0.3 is 0 Å². The molecule has 1 aromatic heterocycles. The Bertz CT molecular complexity index is 3170. The zero-order valence-electron chi connectivity index (χ0n) is 33.1. The first kappa shape index (κ1) is 35.2. The minimum absolute atomic E-state index is 0.0948. The van der Waals surface area contributed by atoms with Crippen molar-refractivity contribution in [3.05, 3.63) is 223 Å². The summed E-state index contributed by atoms with van der Waals surface area (Å²) >= 11 is 1.88. The van der Waals surface area contributed by atoms with Crippen molar-refractivity contribution in [3.63, 3.8) is 0 Å². The highest BCUT2D eigenvalue weighted by atomic mass is 32.1. The maximum absolute atomic E-state index is 2.42. The first-order chi connectivity index (χ1) is 29.0. The molecular formula is C57H41NS. The van der Waals surface area contributed by atoms with E-state index in [2.05, 4.69) is 231 Å². The lowest BCUT2D eigenvalue weighted by Gasteiger charge is -2.28. The van der Waals surface area contributed by atoms with E-state index in [1.165, 1.54) is 86.9 Å². The third-order valence-electron chi connectivity index (χ3n) is 12.3. The van der Waals surface area contributed by atoms with Crippen molar-refractivity contribution in [1.29, 1.82) is 0 Å². The van der Waals surface area contributed by atoms with Crippen LogP contribution in [0.2, 0.25) is 0 Å².